The van der Waals surface area contributed by atoms with E-state index >= 15 is 0 Å². The fraction of sp³-hybridized carbons (Fsp3) is 0.294. The van der Waals surface area contributed by atoms with Gasteiger partial charge in [-0.15, -0.1) is 0 Å². The Morgan fingerprint density at radius 2 is 1.89 bits per heavy atom. The summed E-state index contributed by atoms with van der Waals surface area (Å²) in [6.07, 6.45) is -0.986. The van der Waals surface area contributed by atoms with E-state index in [2.05, 4.69) is 10.1 Å². The van der Waals surface area contributed by atoms with Gasteiger partial charge in [0.1, 0.15) is 17.6 Å². The molecule has 27 heavy (non-hydrogen) atoms. The van der Waals surface area contributed by atoms with Gasteiger partial charge in [-0.25, -0.2) is 18.0 Å². The average molecular weight is 394 g/mol. The monoisotopic (exact) mass is 394 g/mol. The number of benzene rings is 1. The van der Waals surface area contributed by atoms with Crippen LogP contribution in [-0.2, 0) is 14.8 Å². The number of aryl methyl sites for hydroxylation is 1. The highest BCUT2D eigenvalue weighted by atomic mass is 32.2. The lowest BCUT2D eigenvalue weighted by atomic mass is 10.2. The summed E-state index contributed by atoms with van der Waals surface area (Å²) in [4.78, 5) is 22.6. The summed E-state index contributed by atoms with van der Waals surface area (Å²) in [5.74, 6) is 0.769. The molecule has 0 radical (unpaired) electrons. The van der Waals surface area contributed by atoms with Crippen LogP contribution in [0, 0.1) is 6.92 Å². The number of hydrogen-bond donors (Lipinski definition) is 1. The van der Waals surface area contributed by atoms with E-state index in [0.29, 0.717) is 17.2 Å². The normalized spacial score (nSPS) is 15.0. The van der Waals surface area contributed by atoms with E-state index in [4.69, 9.17) is 9.15 Å². The molecule has 10 heteroatoms. The molecular weight excluding hydrogens is 376 g/mol. The number of sulfonamides is 1. The van der Waals surface area contributed by atoms with E-state index in [-0.39, 0.29) is 24.1 Å². The maximum atomic E-state index is 12.6. The Kier molecular flexibility index (Phi) is 5.19. The molecule has 144 valence electrons. The van der Waals surface area contributed by atoms with Crippen LogP contribution in [0.2, 0.25) is 0 Å². The Morgan fingerprint density at radius 1 is 1.22 bits per heavy atom. The van der Waals surface area contributed by atoms with Crippen molar-refractivity contribution in [2.45, 2.75) is 17.9 Å². The summed E-state index contributed by atoms with van der Waals surface area (Å²) >= 11 is 0. The zero-order valence-electron chi connectivity index (χ0n) is 14.7. The lowest BCUT2D eigenvalue weighted by Gasteiger charge is -2.37. The molecule has 1 fully saturated rings. The molecule has 1 saturated heterocycles. The number of methoxy groups -OCH3 is 1. The first kappa shape index (κ1) is 18.9. The van der Waals surface area contributed by atoms with E-state index in [0.717, 1.165) is 0 Å². The average Bonchev–Trinajstić information content (AvgIpc) is 2.57. The van der Waals surface area contributed by atoms with Crippen molar-refractivity contribution < 1.29 is 27.1 Å². The van der Waals surface area contributed by atoms with Crippen LogP contribution >= 0.6 is 0 Å². The van der Waals surface area contributed by atoms with E-state index in [1.54, 1.807) is 13.0 Å². The van der Waals surface area contributed by atoms with Crippen molar-refractivity contribution in [2.24, 2.45) is 0 Å². The highest BCUT2D eigenvalue weighted by molar-refractivity contribution is 7.89. The molecule has 1 aliphatic heterocycles. The SMILES string of the molecule is COC(=O)Nc1ccc(S(=O)(=O)N2CC(Oc3cc(C)oc(=O)c3)C2)cc1. The number of hydrogen-bond acceptors (Lipinski definition) is 7. The van der Waals surface area contributed by atoms with Crippen molar-refractivity contribution in [3.05, 3.63) is 52.6 Å². The van der Waals surface area contributed by atoms with Gasteiger partial charge in [-0.2, -0.15) is 4.31 Å². The molecule has 0 spiro atoms. The zero-order valence-corrected chi connectivity index (χ0v) is 15.5. The predicted molar refractivity (Wildman–Crippen MR) is 95.4 cm³/mol. The molecule has 0 aliphatic carbocycles. The molecule has 1 N–H and O–H groups in total. The van der Waals surface area contributed by atoms with Crippen molar-refractivity contribution in [3.8, 4) is 5.75 Å². The quantitative estimate of drug-likeness (QED) is 0.818. The van der Waals surface area contributed by atoms with Crippen LogP contribution < -0.4 is 15.7 Å². The third-order valence-electron chi connectivity index (χ3n) is 3.91. The fourth-order valence-corrected chi connectivity index (χ4v) is 4.04. The number of ether oxygens (including phenoxy) is 2. The third kappa shape index (κ3) is 4.29. The number of rotatable bonds is 5. The van der Waals surface area contributed by atoms with Gasteiger partial charge in [-0.3, -0.25) is 5.32 Å². The largest absolute Gasteiger partial charge is 0.487 e. The van der Waals surface area contributed by atoms with Crippen molar-refractivity contribution in [1.82, 2.24) is 4.31 Å². The molecule has 1 amide bonds. The molecule has 0 saturated carbocycles. The fourth-order valence-electron chi connectivity index (χ4n) is 2.54. The van der Waals surface area contributed by atoms with E-state index in [1.807, 2.05) is 0 Å². The highest BCUT2D eigenvalue weighted by Crippen LogP contribution is 2.25. The first-order chi connectivity index (χ1) is 12.8. The van der Waals surface area contributed by atoms with Crippen molar-refractivity contribution in [3.63, 3.8) is 0 Å². The van der Waals surface area contributed by atoms with Gasteiger partial charge in [-0.05, 0) is 31.2 Å². The molecular formula is C17H18N2O7S. The molecule has 0 unspecified atom stereocenters. The number of anilines is 1. The van der Waals surface area contributed by atoms with Gasteiger partial charge in [0.15, 0.2) is 0 Å². The van der Waals surface area contributed by atoms with Crippen LogP contribution in [-0.4, -0.2) is 45.1 Å². The predicted octanol–water partition coefficient (Wildman–Crippen LogP) is 1.58. The molecule has 9 nitrogen and oxygen atoms in total. The molecule has 1 aliphatic rings. The van der Waals surface area contributed by atoms with Gasteiger partial charge in [0, 0.05) is 11.8 Å². The zero-order chi connectivity index (χ0) is 19.6. The Hall–Kier alpha value is -2.85. The summed E-state index contributed by atoms with van der Waals surface area (Å²) < 4.78 is 41.4. The van der Waals surface area contributed by atoms with Crippen LogP contribution in [0.3, 0.4) is 0 Å². The van der Waals surface area contributed by atoms with Crippen molar-refractivity contribution in [1.29, 1.82) is 0 Å². The van der Waals surface area contributed by atoms with Crippen LogP contribution in [0.25, 0.3) is 0 Å². The van der Waals surface area contributed by atoms with Crippen LogP contribution in [0.5, 0.6) is 5.75 Å². The molecule has 3 rings (SSSR count). The number of nitrogens with one attached hydrogen (secondary N) is 1. The Labute approximate surface area is 155 Å². The van der Waals surface area contributed by atoms with Gasteiger partial charge in [0.2, 0.25) is 10.0 Å². The van der Waals surface area contributed by atoms with Gasteiger partial charge >= 0.3 is 11.7 Å². The molecule has 2 aromatic rings. The summed E-state index contributed by atoms with van der Waals surface area (Å²) in [6.45, 7) is 1.97. The minimum Gasteiger partial charge on any atom is -0.487 e. The Morgan fingerprint density at radius 3 is 2.48 bits per heavy atom. The second-order valence-corrected chi connectivity index (χ2v) is 7.86. The second kappa shape index (κ2) is 7.41. The van der Waals surface area contributed by atoms with Gasteiger partial charge in [-0.1, -0.05) is 0 Å². The smallest absolute Gasteiger partial charge is 0.411 e. The summed E-state index contributed by atoms with van der Waals surface area (Å²) in [5, 5.41) is 2.45. The number of amides is 1. The van der Waals surface area contributed by atoms with Gasteiger partial charge < -0.3 is 13.9 Å². The third-order valence-corrected chi connectivity index (χ3v) is 5.75. The highest BCUT2D eigenvalue weighted by Gasteiger charge is 2.38. The van der Waals surface area contributed by atoms with Crippen LogP contribution in [0.15, 0.2) is 50.5 Å². The maximum absolute atomic E-state index is 12.6. The first-order valence-corrected chi connectivity index (χ1v) is 9.45. The molecule has 0 bridgehead atoms. The topological polar surface area (TPSA) is 115 Å². The number of carbonyl (C=O) groups excluding carboxylic acids is 1. The number of nitrogens with zero attached hydrogens (tertiary/aromatic N) is 1. The Balaban J connectivity index is 1.62. The summed E-state index contributed by atoms with van der Waals surface area (Å²) in [7, 11) is -2.43. The van der Waals surface area contributed by atoms with Crippen LogP contribution in [0.1, 0.15) is 5.76 Å². The lowest BCUT2D eigenvalue weighted by Crippen LogP contribution is -2.55. The maximum Gasteiger partial charge on any atom is 0.411 e. The lowest BCUT2D eigenvalue weighted by molar-refractivity contribution is 0.0754. The molecule has 1 aromatic heterocycles. The van der Waals surface area contributed by atoms with Gasteiger partial charge in [0.05, 0.1) is 31.2 Å². The van der Waals surface area contributed by atoms with Crippen molar-refractivity contribution >= 4 is 21.8 Å². The number of carbonyl (C=O) groups is 1. The van der Waals surface area contributed by atoms with E-state index in [9.17, 15) is 18.0 Å². The minimum atomic E-state index is -3.67. The molecule has 2 heterocycles. The first-order valence-electron chi connectivity index (χ1n) is 8.01. The van der Waals surface area contributed by atoms with Gasteiger partial charge in [0.25, 0.3) is 0 Å². The molecule has 1 aromatic carbocycles. The second-order valence-electron chi connectivity index (χ2n) is 5.93. The Bertz CT molecular complexity index is 993. The van der Waals surface area contributed by atoms with E-state index in [1.165, 1.54) is 41.7 Å². The standard InChI is InChI=1S/C17H18N2O7S/c1-11-7-13(8-16(20)25-11)26-14-9-19(10-14)27(22,23)15-5-3-12(4-6-15)18-17(21)24-2/h3-8,14H,9-10H2,1-2H3,(H,18,21). The van der Waals surface area contributed by atoms with E-state index < -0.39 is 21.7 Å². The summed E-state index contributed by atoms with van der Waals surface area (Å²) in [5.41, 5.74) is -0.0987. The molecule has 0 atom stereocenters. The van der Waals surface area contributed by atoms with Crippen LogP contribution in [0.4, 0.5) is 10.5 Å². The van der Waals surface area contributed by atoms with Crippen molar-refractivity contribution in [2.75, 3.05) is 25.5 Å². The minimum absolute atomic E-state index is 0.104. The summed E-state index contributed by atoms with van der Waals surface area (Å²) in [6, 6.07) is 8.55.